The summed E-state index contributed by atoms with van der Waals surface area (Å²) in [6.07, 6.45) is 6.24. The lowest BCUT2D eigenvalue weighted by Crippen LogP contribution is -2.36. The lowest BCUT2D eigenvalue weighted by atomic mass is 9.86. The average molecular weight is 507 g/mol. The molecule has 11 heteroatoms. The quantitative estimate of drug-likeness (QED) is 0.0913. The first kappa shape index (κ1) is 30.9. The zero-order valence-corrected chi connectivity index (χ0v) is 21.7. The number of carbonyl (C=O) groups excluding carboxylic acids is 1. The number of allylic oxidation sites excluding steroid dienone is 1. The minimum Gasteiger partial charge on any atom is -0.388 e. The standard InChI is InChI=1S/C23H43N2O8P/c1-5-12-19(24)25-23(6-2,17(4)26)14-11-9-7-8-10-13-16(3)22-21(28)20(27)18(33-22)15-32-34(29,30)31/h5,12,16,18,20-22,27-28H,6-11,13-15H2,1-4H3,(H2,24,25)(H2,29,30,31)/b12-5-. The van der Waals surface area contributed by atoms with Gasteiger partial charge in [0.2, 0.25) is 0 Å². The number of amidine groups is 1. The first-order valence-electron chi connectivity index (χ1n) is 12.1. The van der Waals surface area contributed by atoms with E-state index in [1.165, 1.54) is 0 Å². The van der Waals surface area contributed by atoms with Crippen molar-refractivity contribution in [1.82, 2.24) is 0 Å². The molecule has 0 aromatic heterocycles. The monoisotopic (exact) mass is 506 g/mol. The first-order chi connectivity index (χ1) is 15.9. The highest BCUT2D eigenvalue weighted by atomic mass is 31.2. The fourth-order valence-corrected chi connectivity index (χ4v) is 4.75. The molecular formula is C23H43N2O8P. The van der Waals surface area contributed by atoms with Crippen molar-refractivity contribution >= 4 is 19.4 Å². The minimum absolute atomic E-state index is 0.0260. The predicted octanol–water partition coefficient (Wildman–Crippen LogP) is 2.62. The molecule has 0 aliphatic carbocycles. The number of unbranched alkanes of at least 4 members (excludes halogenated alkanes) is 4. The molecule has 6 N–H and O–H groups in total. The molecule has 198 valence electrons. The van der Waals surface area contributed by atoms with Gasteiger partial charge in [-0.1, -0.05) is 52.0 Å². The second-order valence-electron chi connectivity index (χ2n) is 9.17. The summed E-state index contributed by atoms with van der Waals surface area (Å²) in [7, 11) is -4.68. The van der Waals surface area contributed by atoms with Crippen LogP contribution >= 0.6 is 7.82 Å². The molecule has 1 saturated heterocycles. The van der Waals surface area contributed by atoms with Gasteiger partial charge >= 0.3 is 7.82 Å². The Labute approximate surface area is 202 Å². The van der Waals surface area contributed by atoms with E-state index in [4.69, 9.17) is 20.3 Å². The first-order valence-corrected chi connectivity index (χ1v) is 13.6. The lowest BCUT2D eigenvalue weighted by molar-refractivity contribution is -0.122. The van der Waals surface area contributed by atoms with Gasteiger partial charge in [-0.3, -0.25) is 14.3 Å². The molecular weight excluding hydrogens is 463 g/mol. The van der Waals surface area contributed by atoms with Crippen molar-refractivity contribution in [3.8, 4) is 0 Å². The lowest BCUT2D eigenvalue weighted by Gasteiger charge is -2.26. The number of aliphatic hydroxyl groups excluding tert-OH is 2. The molecule has 6 unspecified atom stereocenters. The van der Waals surface area contributed by atoms with Gasteiger partial charge in [0.1, 0.15) is 29.7 Å². The topological polar surface area (TPSA) is 172 Å². The van der Waals surface area contributed by atoms with Crippen LogP contribution in [-0.2, 0) is 18.6 Å². The molecule has 0 radical (unpaired) electrons. The number of aliphatic hydroxyl groups is 2. The maximum absolute atomic E-state index is 12.3. The average Bonchev–Trinajstić information content (AvgIpc) is 3.04. The molecule has 34 heavy (non-hydrogen) atoms. The Hall–Kier alpha value is -1.13. The van der Waals surface area contributed by atoms with Crippen LogP contribution in [0.2, 0.25) is 0 Å². The van der Waals surface area contributed by atoms with Gasteiger partial charge in [0.25, 0.3) is 0 Å². The summed E-state index contributed by atoms with van der Waals surface area (Å²) in [5.74, 6) is 0.350. The van der Waals surface area contributed by atoms with E-state index in [0.717, 1.165) is 38.5 Å². The number of nitrogens with zero attached hydrogens (tertiary/aromatic N) is 1. The van der Waals surface area contributed by atoms with Crippen molar-refractivity contribution in [2.75, 3.05) is 6.61 Å². The second kappa shape index (κ2) is 14.4. The maximum Gasteiger partial charge on any atom is 0.469 e. The van der Waals surface area contributed by atoms with E-state index >= 15 is 0 Å². The third-order valence-electron chi connectivity index (χ3n) is 6.54. The molecule has 6 atom stereocenters. The van der Waals surface area contributed by atoms with Crippen LogP contribution in [-0.4, -0.2) is 68.2 Å². The van der Waals surface area contributed by atoms with Gasteiger partial charge in [-0.05, 0) is 45.1 Å². The Morgan fingerprint density at radius 3 is 2.38 bits per heavy atom. The van der Waals surface area contributed by atoms with Gasteiger partial charge in [0, 0.05) is 0 Å². The number of nitrogens with two attached hydrogens (primary N) is 1. The zero-order valence-electron chi connectivity index (χ0n) is 20.8. The van der Waals surface area contributed by atoms with Gasteiger partial charge in [-0.25, -0.2) is 4.57 Å². The fourth-order valence-electron chi connectivity index (χ4n) is 4.41. The van der Waals surface area contributed by atoms with E-state index in [1.54, 1.807) is 19.1 Å². The van der Waals surface area contributed by atoms with Gasteiger partial charge in [-0.2, -0.15) is 0 Å². The summed E-state index contributed by atoms with van der Waals surface area (Å²) in [6.45, 7) is 6.80. The van der Waals surface area contributed by atoms with Crippen LogP contribution in [0.3, 0.4) is 0 Å². The number of phosphoric ester groups is 1. The second-order valence-corrected chi connectivity index (χ2v) is 10.4. The Bertz CT molecular complexity index is 740. The summed E-state index contributed by atoms with van der Waals surface area (Å²) in [4.78, 5) is 34.4. The predicted molar refractivity (Wildman–Crippen MR) is 130 cm³/mol. The molecule has 0 amide bonds. The van der Waals surface area contributed by atoms with Gasteiger partial charge in [0.05, 0.1) is 12.7 Å². The Morgan fingerprint density at radius 2 is 1.82 bits per heavy atom. The summed E-state index contributed by atoms with van der Waals surface area (Å²) >= 11 is 0. The van der Waals surface area contributed by atoms with Crippen LogP contribution in [0.1, 0.15) is 79.1 Å². The largest absolute Gasteiger partial charge is 0.469 e. The summed E-state index contributed by atoms with van der Waals surface area (Å²) in [6, 6.07) is 0. The molecule has 0 aromatic rings. The van der Waals surface area contributed by atoms with Crippen molar-refractivity contribution in [2.24, 2.45) is 16.6 Å². The number of phosphoric acid groups is 1. The van der Waals surface area contributed by atoms with E-state index in [0.29, 0.717) is 18.7 Å². The molecule has 0 saturated carbocycles. The van der Waals surface area contributed by atoms with E-state index in [9.17, 15) is 19.6 Å². The van der Waals surface area contributed by atoms with E-state index < -0.39 is 44.4 Å². The molecule has 1 aliphatic heterocycles. The number of carbonyl (C=O) groups is 1. The molecule has 0 spiro atoms. The minimum atomic E-state index is -4.68. The number of aliphatic imine (C=N–C) groups is 1. The highest BCUT2D eigenvalue weighted by Crippen LogP contribution is 2.38. The Kier molecular flexibility index (Phi) is 13.1. The van der Waals surface area contributed by atoms with Crippen molar-refractivity contribution in [2.45, 2.75) is 109 Å². The fraction of sp³-hybridized carbons (Fsp3) is 0.826. The van der Waals surface area contributed by atoms with Crippen LogP contribution < -0.4 is 5.73 Å². The molecule has 1 rings (SSSR count). The summed E-state index contributed by atoms with van der Waals surface area (Å²) < 4.78 is 20.9. The number of Topliss-reactive ketones (excluding diaryl/α,β-unsaturated/α-hetero) is 1. The highest BCUT2D eigenvalue weighted by Gasteiger charge is 2.45. The van der Waals surface area contributed by atoms with Crippen LogP contribution in [0.4, 0.5) is 0 Å². The van der Waals surface area contributed by atoms with E-state index in [1.807, 2.05) is 20.8 Å². The van der Waals surface area contributed by atoms with Crippen molar-refractivity contribution < 1.29 is 38.6 Å². The van der Waals surface area contributed by atoms with Crippen molar-refractivity contribution in [3.05, 3.63) is 12.2 Å². The zero-order chi connectivity index (χ0) is 25.9. The van der Waals surface area contributed by atoms with Crippen LogP contribution in [0, 0.1) is 5.92 Å². The van der Waals surface area contributed by atoms with E-state index in [2.05, 4.69) is 9.52 Å². The smallest absolute Gasteiger partial charge is 0.388 e. The molecule has 1 aliphatic rings. The van der Waals surface area contributed by atoms with Crippen LogP contribution in [0.15, 0.2) is 17.1 Å². The summed E-state index contributed by atoms with van der Waals surface area (Å²) in [5, 5.41) is 20.4. The Morgan fingerprint density at radius 1 is 1.21 bits per heavy atom. The molecule has 1 heterocycles. The number of rotatable bonds is 16. The third kappa shape index (κ3) is 9.85. The molecule has 1 fully saturated rings. The maximum atomic E-state index is 12.3. The van der Waals surface area contributed by atoms with E-state index in [-0.39, 0.29) is 11.7 Å². The number of hydrogen-bond donors (Lipinski definition) is 5. The van der Waals surface area contributed by atoms with Crippen molar-refractivity contribution in [3.63, 3.8) is 0 Å². The normalized spacial score (nSPS) is 26.6. The SMILES string of the molecule is C/C=C\C(N)=N/C(CC)(CCCCCCCC(C)C1OC(COP(=O)(O)O)C(O)C1O)C(C)=O. The van der Waals surface area contributed by atoms with Gasteiger partial charge in [0.15, 0.2) is 5.78 Å². The summed E-state index contributed by atoms with van der Waals surface area (Å²) in [5.41, 5.74) is 5.15. The van der Waals surface area contributed by atoms with Crippen LogP contribution in [0.25, 0.3) is 0 Å². The number of hydrogen-bond acceptors (Lipinski definition) is 7. The molecule has 10 nitrogen and oxygen atoms in total. The van der Waals surface area contributed by atoms with Crippen molar-refractivity contribution in [1.29, 1.82) is 0 Å². The number of ether oxygens (including phenoxy) is 1. The van der Waals surface area contributed by atoms with Gasteiger partial charge in [-0.15, -0.1) is 0 Å². The third-order valence-corrected chi connectivity index (χ3v) is 7.02. The van der Waals surface area contributed by atoms with Gasteiger partial charge < -0.3 is 30.5 Å². The number of ketones is 1. The molecule has 0 bridgehead atoms. The molecule has 0 aromatic carbocycles. The Balaban J connectivity index is 2.40. The highest BCUT2D eigenvalue weighted by molar-refractivity contribution is 7.46. The van der Waals surface area contributed by atoms with Crippen LogP contribution in [0.5, 0.6) is 0 Å².